The molecule has 0 saturated carbocycles. The molecule has 4 nitrogen and oxygen atoms in total. The molecule has 0 bridgehead atoms. The fraction of sp³-hybridized carbons (Fsp3) is 0.0417. The zero-order valence-electron chi connectivity index (χ0n) is 17.0. The number of aryl methyl sites for hydroxylation is 1. The summed E-state index contributed by atoms with van der Waals surface area (Å²) in [7, 11) is -4.02. The van der Waals surface area contributed by atoms with Gasteiger partial charge in [-0.15, -0.1) is 0 Å². The lowest BCUT2D eigenvalue weighted by Crippen LogP contribution is -2.17. The molecule has 4 aromatic rings. The van der Waals surface area contributed by atoms with Gasteiger partial charge in [0.2, 0.25) is 0 Å². The van der Waals surface area contributed by atoms with Crippen LogP contribution in [0.15, 0.2) is 80.6 Å². The van der Waals surface area contributed by atoms with E-state index in [1.165, 1.54) is 18.2 Å². The summed E-state index contributed by atoms with van der Waals surface area (Å²) in [5.41, 5.74) is 0.887. The Morgan fingerprint density at radius 1 is 0.970 bits per heavy atom. The summed E-state index contributed by atoms with van der Waals surface area (Å²) in [6.45, 7) is 1.85. The van der Waals surface area contributed by atoms with Crippen LogP contribution < -0.4 is 4.72 Å². The summed E-state index contributed by atoms with van der Waals surface area (Å²) in [5, 5.41) is 1.40. The lowest BCUT2D eigenvalue weighted by Gasteiger charge is -2.17. The molecule has 168 valence electrons. The molecule has 0 atom stereocenters. The van der Waals surface area contributed by atoms with E-state index in [1.54, 1.807) is 36.4 Å². The quantitative estimate of drug-likeness (QED) is 0.238. The number of carbonyl (C=O) groups is 1. The molecule has 0 aliphatic rings. The number of hydrogen-bond acceptors (Lipinski definition) is 3. The van der Waals surface area contributed by atoms with Crippen molar-refractivity contribution >= 4 is 75.7 Å². The molecule has 33 heavy (non-hydrogen) atoms. The van der Waals surface area contributed by atoms with E-state index in [9.17, 15) is 17.6 Å². The summed E-state index contributed by atoms with van der Waals surface area (Å²) < 4.78 is 43.8. The number of carbonyl (C=O) groups excluding carboxylic acids is 1. The normalized spacial score (nSPS) is 11.5. The van der Waals surface area contributed by atoms with E-state index in [0.29, 0.717) is 15.2 Å². The first-order chi connectivity index (χ1) is 15.6. The zero-order valence-corrected chi connectivity index (χ0v) is 21.7. The lowest BCUT2D eigenvalue weighted by molar-refractivity contribution is 0.103. The van der Waals surface area contributed by atoms with Crippen molar-refractivity contribution in [1.82, 2.24) is 0 Å². The van der Waals surface area contributed by atoms with Gasteiger partial charge in [-0.05, 0) is 82.2 Å². The second-order valence-electron chi connectivity index (χ2n) is 7.35. The van der Waals surface area contributed by atoms with Gasteiger partial charge < -0.3 is 0 Å². The molecule has 0 unspecified atom stereocenters. The summed E-state index contributed by atoms with van der Waals surface area (Å²) >= 11 is 13.1. The monoisotopic (exact) mass is 609 g/mol. The molecule has 0 heterocycles. The van der Waals surface area contributed by atoms with E-state index in [1.807, 2.05) is 6.92 Å². The van der Waals surface area contributed by atoms with Crippen LogP contribution in [0.5, 0.6) is 0 Å². The number of fused-ring (bicyclic) bond motifs is 1. The van der Waals surface area contributed by atoms with Crippen LogP contribution in [-0.2, 0) is 10.0 Å². The molecule has 0 saturated heterocycles. The Labute approximate surface area is 212 Å². The molecule has 1 N–H and O–H groups in total. The zero-order chi connectivity index (χ0) is 23.9. The average Bonchev–Trinajstić information content (AvgIpc) is 2.76. The molecule has 4 aromatic carbocycles. The van der Waals surface area contributed by atoms with Crippen molar-refractivity contribution in [3.8, 4) is 0 Å². The minimum atomic E-state index is -4.02. The SMILES string of the molecule is Cc1ccc(S(=O)(=O)Nc2cc3ccc(Br)cc3c(Br)c2C(=O)c2cc(F)ccc2Cl)cc1. The van der Waals surface area contributed by atoms with E-state index in [0.717, 1.165) is 22.2 Å². The van der Waals surface area contributed by atoms with Gasteiger partial charge >= 0.3 is 0 Å². The van der Waals surface area contributed by atoms with Crippen LogP contribution in [0.3, 0.4) is 0 Å². The average molecular weight is 612 g/mol. The van der Waals surface area contributed by atoms with Gasteiger partial charge in [-0.3, -0.25) is 9.52 Å². The van der Waals surface area contributed by atoms with Gasteiger partial charge in [0.25, 0.3) is 10.0 Å². The highest BCUT2D eigenvalue weighted by Crippen LogP contribution is 2.38. The predicted octanol–water partition coefficient (Wildman–Crippen LogP) is 7.50. The molecule has 0 aliphatic heterocycles. The molecule has 0 aliphatic carbocycles. The highest BCUT2D eigenvalue weighted by molar-refractivity contribution is 9.11. The van der Waals surface area contributed by atoms with Crippen LogP contribution in [-0.4, -0.2) is 14.2 Å². The smallest absolute Gasteiger partial charge is 0.261 e. The molecular formula is C24H15Br2ClFNO3S. The number of rotatable bonds is 5. The number of nitrogens with one attached hydrogen (secondary N) is 1. The highest BCUT2D eigenvalue weighted by Gasteiger charge is 2.25. The molecule has 0 radical (unpaired) electrons. The topological polar surface area (TPSA) is 63.2 Å². The summed E-state index contributed by atoms with van der Waals surface area (Å²) in [5.74, 6) is -1.26. The van der Waals surface area contributed by atoms with Crippen LogP contribution in [0.25, 0.3) is 10.8 Å². The number of hydrogen-bond donors (Lipinski definition) is 1. The fourth-order valence-electron chi connectivity index (χ4n) is 3.35. The van der Waals surface area contributed by atoms with E-state index >= 15 is 0 Å². The van der Waals surface area contributed by atoms with Gasteiger partial charge in [-0.2, -0.15) is 0 Å². The third-order valence-corrected chi connectivity index (χ3v) is 8.04. The van der Waals surface area contributed by atoms with Crippen molar-refractivity contribution in [2.24, 2.45) is 0 Å². The van der Waals surface area contributed by atoms with E-state index in [2.05, 4.69) is 36.6 Å². The highest BCUT2D eigenvalue weighted by atomic mass is 79.9. The second-order valence-corrected chi connectivity index (χ2v) is 11.1. The Bertz CT molecular complexity index is 1520. The third-order valence-electron chi connectivity index (χ3n) is 5.02. The largest absolute Gasteiger partial charge is 0.288 e. The van der Waals surface area contributed by atoms with Crippen molar-refractivity contribution in [3.05, 3.63) is 103 Å². The maximum Gasteiger partial charge on any atom is 0.261 e. The van der Waals surface area contributed by atoms with Crippen molar-refractivity contribution in [1.29, 1.82) is 0 Å². The Hall–Kier alpha value is -2.26. The van der Waals surface area contributed by atoms with E-state index in [-0.39, 0.29) is 26.7 Å². The van der Waals surface area contributed by atoms with Gasteiger partial charge in [0.05, 0.1) is 21.2 Å². The van der Waals surface area contributed by atoms with Crippen LogP contribution >= 0.6 is 43.5 Å². The number of benzene rings is 4. The fourth-order valence-corrected chi connectivity index (χ4v) is 5.72. The summed E-state index contributed by atoms with van der Waals surface area (Å²) in [6, 6.07) is 16.7. The Morgan fingerprint density at radius 3 is 2.36 bits per heavy atom. The summed E-state index contributed by atoms with van der Waals surface area (Å²) in [4.78, 5) is 13.6. The maximum atomic E-state index is 13.9. The molecule has 0 aromatic heterocycles. The van der Waals surface area contributed by atoms with Crippen LogP contribution in [0.1, 0.15) is 21.5 Å². The van der Waals surface area contributed by atoms with Gasteiger partial charge in [0.1, 0.15) is 5.82 Å². The number of halogens is 4. The first kappa shape index (κ1) is 23.9. The van der Waals surface area contributed by atoms with Gasteiger partial charge in [0, 0.05) is 14.5 Å². The first-order valence-electron chi connectivity index (χ1n) is 9.58. The molecule has 0 fully saturated rings. The van der Waals surface area contributed by atoms with Gasteiger partial charge in [-0.25, -0.2) is 12.8 Å². The standard InChI is InChI=1S/C24H15Br2ClFNO3S/c1-13-2-7-17(8-3-13)33(31,32)29-21-10-14-4-5-15(25)11-18(14)23(26)22(21)24(30)19-12-16(28)6-9-20(19)27/h2-12,29H,1H3. The Kier molecular flexibility index (Phi) is 6.64. The van der Waals surface area contributed by atoms with Crippen molar-refractivity contribution in [2.45, 2.75) is 11.8 Å². The first-order valence-corrected chi connectivity index (χ1v) is 13.0. The van der Waals surface area contributed by atoms with Crippen LogP contribution in [0.4, 0.5) is 10.1 Å². The number of anilines is 1. The molecule has 4 rings (SSSR count). The van der Waals surface area contributed by atoms with Crippen molar-refractivity contribution < 1.29 is 17.6 Å². The van der Waals surface area contributed by atoms with E-state index in [4.69, 9.17) is 11.6 Å². The minimum absolute atomic E-state index is 0.0174. The third kappa shape index (κ3) is 4.84. The van der Waals surface area contributed by atoms with Gasteiger partial charge in [0.15, 0.2) is 5.78 Å². The van der Waals surface area contributed by atoms with Crippen molar-refractivity contribution in [2.75, 3.05) is 4.72 Å². The number of ketones is 1. The Morgan fingerprint density at radius 2 is 1.67 bits per heavy atom. The van der Waals surface area contributed by atoms with Gasteiger partial charge in [-0.1, -0.05) is 51.3 Å². The molecule has 0 amide bonds. The van der Waals surface area contributed by atoms with Crippen LogP contribution in [0, 0.1) is 12.7 Å². The summed E-state index contributed by atoms with van der Waals surface area (Å²) in [6.07, 6.45) is 0. The van der Waals surface area contributed by atoms with Crippen molar-refractivity contribution in [3.63, 3.8) is 0 Å². The molecule has 0 spiro atoms. The number of sulfonamides is 1. The Balaban J connectivity index is 1.95. The van der Waals surface area contributed by atoms with E-state index < -0.39 is 21.6 Å². The maximum absolute atomic E-state index is 13.9. The second kappa shape index (κ2) is 9.18. The minimum Gasteiger partial charge on any atom is -0.288 e. The molecule has 9 heteroatoms. The van der Waals surface area contributed by atoms with Crippen LogP contribution in [0.2, 0.25) is 5.02 Å². The predicted molar refractivity (Wildman–Crippen MR) is 136 cm³/mol. The molecular weight excluding hydrogens is 597 g/mol. The lowest BCUT2D eigenvalue weighted by atomic mass is 9.98.